The molecule has 0 aliphatic rings. The summed E-state index contributed by atoms with van der Waals surface area (Å²) >= 11 is 5.50. The number of aryl methyl sites for hydroxylation is 1. The first kappa shape index (κ1) is 11.0. The van der Waals surface area contributed by atoms with Gasteiger partial charge in [0.15, 0.2) is 0 Å². The van der Waals surface area contributed by atoms with Crippen molar-refractivity contribution in [2.75, 3.05) is 12.4 Å². The number of hydrogen-bond donors (Lipinski definition) is 1. The van der Waals surface area contributed by atoms with Crippen LogP contribution in [0.15, 0.2) is 10.7 Å². The second-order valence-corrected chi connectivity index (χ2v) is 3.33. The molecule has 0 atom stereocenters. The predicted octanol–water partition coefficient (Wildman–Crippen LogP) is 1.73. The van der Waals surface area contributed by atoms with Crippen molar-refractivity contribution in [3.63, 3.8) is 0 Å². The Morgan fingerprint density at radius 3 is 3.00 bits per heavy atom. The van der Waals surface area contributed by atoms with Crippen molar-refractivity contribution < 1.29 is 9.32 Å². The van der Waals surface area contributed by atoms with Crippen LogP contribution < -0.4 is 5.32 Å². The van der Waals surface area contributed by atoms with Crippen LogP contribution in [0.1, 0.15) is 29.0 Å². The predicted molar refractivity (Wildman–Crippen MR) is 53.5 cm³/mol. The number of alkyl halides is 1. The van der Waals surface area contributed by atoms with E-state index in [2.05, 4.69) is 10.5 Å². The standard InChI is InChI=1S/C9H13ClN2O2/c1-7-8(6-12-14-7)9(13)11-5-3-2-4-10/h6H,2-5H2,1H3,(H,11,13). The van der Waals surface area contributed by atoms with Gasteiger partial charge in [-0.3, -0.25) is 4.79 Å². The molecular formula is C9H13ClN2O2. The van der Waals surface area contributed by atoms with Crippen LogP contribution in [0.25, 0.3) is 0 Å². The number of carbonyl (C=O) groups excluding carboxylic acids is 1. The van der Waals surface area contributed by atoms with Gasteiger partial charge in [0.25, 0.3) is 5.91 Å². The van der Waals surface area contributed by atoms with Crippen LogP contribution in [0.5, 0.6) is 0 Å². The zero-order valence-corrected chi connectivity index (χ0v) is 8.80. The molecule has 1 N–H and O–H groups in total. The van der Waals surface area contributed by atoms with Crippen LogP contribution in [0.3, 0.4) is 0 Å². The Bertz CT molecular complexity index is 299. The van der Waals surface area contributed by atoms with Gasteiger partial charge in [0, 0.05) is 12.4 Å². The van der Waals surface area contributed by atoms with E-state index in [1.165, 1.54) is 6.20 Å². The Kier molecular flexibility index (Phi) is 4.46. The molecule has 1 aromatic heterocycles. The van der Waals surface area contributed by atoms with E-state index in [9.17, 15) is 4.79 Å². The monoisotopic (exact) mass is 216 g/mol. The molecule has 0 fully saturated rings. The molecule has 1 heterocycles. The van der Waals surface area contributed by atoms with Gasteiger partial charge >= 0.3 is 0 Å². The van der Waals surface area contributed by atoms with Crippen LogP contribution >= 0.6 is 11.6 Å². The van der Waals surface area contributed by atoms with Crippen molar-refractivity contribution in [3.05, 3.63) is 17.5 Å². The summed E-state index contributed by atoms with van der Waals surface area (Å²) in [6.45, 7) is 2.34. The molecule has 78 valence electrons. The minimum Gasteiger partial charge on any atom is -0.361 e. The Morgan fingerprint density at radius 2 is 2.43 bits per heavy atom. The highest BCUT2D eigenvalue weighted by Gasteiger charge is 2.11. The number of halogens is 1. The molecule has 0 saturated heterocycles. The van der Waals surface area contributed by atoms with Crippen molar-refractivity contribution in [3.8, 4) is 0 Å². The average molecular weight is 217 g/mol. The second-order valence-electron chi connectivity index (χ2n) is 2.95. The van der Waals surface area contributed by atoms with E-state index in [0.717, 1.165) is 12.8 Å². The summed E-state index contributed by atoms with van der Waals surface area (Å²) in [6, 6.07) is 0. The molecular weight excluding hydrogens is 204 g/mol. The van der Waals surface area contributed by atoms with E-state index >= 15 is 0 Å². The summed E-state index contributed by atoms with van der Waals surface area (Å²) in [5.41, 5.74) is 0.496. The molecule has 1 rings (SSSR count). The maximum absolute atomic E-state index is 11.4. The Labute approximate surface area is 87.6 Å². The lowest BCUT2D eigenvalue weighted by atomic mass is 10.2. The number of unbranched alkanes of at least 4 members (excludes halogenated alkanes) is 1. The number of hydrogen-bond acceptors (Lipinski definition) is 3. The summed E-state index contributed by atoms with van der Waals surface area (Å²) in [7, 11) is 0. The molecule has 1 aromatic rings. The highest BCUT2D eigenvalue weighted by Crippen LogP contribution is 2.05. The van der Waals surface area contributed by atoms with Crippen molar-refractivity contribution in [2.24, 2.45) is 0 Å². The maximum Gasteiger partial charge on any atom is 0.256 e. The highest BCUT2D eigenvalue weighted by molar-refractivity contribution is 6.17. The van der Waals surface area contributed by atoms with Gasteiger partial charge in [0.2, 0.25) is 0 Å². The van der Waals surface area contributed by atoms with Gasteiger partial charge in [0.1, 0.15) is 11.3 Å². The molecule has 5 heteroatoms. The minimum atomic E-state index is -0.140. The van der Waals surface area contributed by atoms with Gasteiger partial charge in [0.05, 0.1) is 6.20 Å². The minimum absolute atomic E-state index is 0.140. The summed E-state index contributed by atoms with van der Waals surface area (Å²) in [6.07, 6.45) is 3.22. The molecule has 4 nitrogen and oxygen atoms in total. The summed E-state index contributed by atoms with van der Waals surface area (Å²) in [4.78, 5) is 11.4. The zero-order valence-electron chi connectivity index (χ0n) is 8.05. The van der Waals surface area contributed by atoms with Crippen LogP contribution in [0.2, 0.25) is 0 Å². The zero-order chi connectivity index (χ0) is 10.4. The van der Waals surface area contributed by atoms with E-state index < -0.39 is 0 Å². The summed E-state index contributed by atoms with van der Waals surface area (Å²) in [5.74, 6) is 1.03. The van der Waals surface area contributed by atoms with Crippen LogP contribution in [0, 0.1) is 6.92 Å². The van der Waals surface area contributed by atoms with Gasteiger partial charge in [-0.1, -0.05) is 5.16 Å². The SMILES string of the molecule is Cc1oncc1C(=O)NCCCCCl. The molecule has 0 aliphatic heterocycles. The lowest BCUT2D eigenvalue weighted by Gasteiger charge is -2.01. The number of rotatable bonds is 5. The number of aromatic nitrogens is 1. The van der Waals surface area contributed by atoms with E-state index in [1.54, 1.807) is 6.92 Å². The lowest BCUT2D eigenvalue weighted by molar-refractivity contribution is 0.0951. The Hall–Kier alpha value is -1.03. The largest absolute Gasteiger partial charge is 0.361 e. The third-order valence-electron chi connectivity index (χ3n) is 1.84. The van der Waals surface area contributed by atoms with Gasteiger partial charge in [-0.05, 0) is 19.8 Å². The van der Waals surface area contributed by atoms with Crippen molar-refractivity contribution in [1.82, 2.24) is 10.5 Å². The summed E-state index contributed by atoms with van der Waals surface area (Å²) < 4.78 is 4.78. The molecule has 0 saturated carbocycles. The average Bonchev–Trinajstić information content (AvgIpc) is 2.59. The molecule has 1 amide bonds. The quantitative estimate of drug-likeness (QED) is 0.603. The first-order valence-corrected chi connectivity index (χ1v) is 5.04. The molecule has 0 spiro atoms. The van der Waals surface area contributed by atoms with Gasteiger partial charge in [-0.15, -0.1) is 11.6 Å². The number of carbonyl (C=O) groups is 1. The fourth-order valence-electron chi connectivity index (χ4n) is 1.03. The third kappa shape index (κ3) is 3.03. The molecule has 14 heavy (non-hydrogen) atoms. The fourth-order valence-corrected chi connectivity index (χ4v) is 1.22. The van der Waals surface area contributed by atoms with E-state index in [4.69, 9.17) is 16.1 Å². The normalized spacial score (nSPS) is 10.1. The Morgan fingerprint density at radius 1 is 1.64 bits per heavy atom. The third-order valence-corrected chi connectivity index (χ3v) is 2.11. The molecule has 0 radical (unpaired) electrons. The molecule has 0 aliphatic carbocycles. The topological polar surface area (TPSA) is 55.1 Å². The van der Waals surface area contributed by atoms with Crippen molar-refractivity contribution >= 4 is 17.5 Å². The van der Waals surface area contributed by atoms with Crippen molar-refractivity contribution in [1.29, 1.82) is 0 Å². The number of nitrogens with zero attached hydrogens (tertiary/aromatic N) is 1. The first-order chi connectivity index (χ1) is 6.75. The lowest BCUT2D eigenvalue weighted by Crippen LogP contribution is -2.24. The maximum atomic E-state index is 11.4. The van der Waals surface area contributed by atoms with Gasteiger partial charge in [-0.2, -0.15) is 0 Å². The van der Waals surface area contributed by atoms with E-state index in [1.807, 2.05) is 0 Å². The molecule has 0 unspecified atom stereocenters. The van der Waals surface area contributed by atoms with Gasteiger partial charge in [-0.25, -0.2) is 0 Å². The van der Waals surface area contributed by atoms with E-state index in [0.29, 0.717) is 23.7 Å². The molecule has 0 bridgehead atoms. The smallest absolute Gasteiger partial charge is 0.256 e. The highest BCUT2D eigenvalue weighted by atomic mass is 35.5. The fraction of sp³-hybridized carbons (Fsp3) is 0.556. The van der Waals surface area contributed by atoms with Gasteiger partial charge < -0.3 is 9.84 Å². The van der Waals surface area contributed by atoms with E-state index in [-0.39, 0.29) is 5.91 Å². The van der Waals surface area contributed by atoms with Crippen LogP contribution in [-0.4, -0.2) is 23.5 Å². The number of amides is 1. The van der Waals surface area contributed by atoms with Crippen LogP contribution in [0.4, 0.5) is 0 Å². The van der Waals surface area contributed by atoms with Crippen LogP contribution in [-0.2, 0) is 0 Å². The first-order valence-electron chi connectivity index (χ1n) is 4.51. The molecule has 0 aromatic carbocycles. The second kappa shape index (κ2) is 5.65. The Balaban J connectivity index is 2.32. The van der Waals surface area contributed by atoms with Crippen molar-refractivity contribution in [2.45, 2.75) is 19.8 Å². The summed E-state index contributed by atoms with van der Waals surface area (Å²) in [5, 5.41) is 6.29. The number of nitrogens with one attached hydrogen (secondary N) is 1.